The number of nitrogens with zero attached hydrogens (tertiary/aromatic N) is 2. The third-order valence-corrected chi connectivity index (χ3v) is 3.25. The second-order valence-corrected chi connectivity index (χ2v) is 4.99. The van der Waals surface area contributed by atoms with Gasteiger partial charge in [0.25, 0.3) is 5.91 Å². The van der Waals surface area contributed by atoms with Gasteiger partial charge in [0.1, 0.15) is 11.5 Å². The lowest BCUT2D eigenvalue weighted by Gasteiger charge is -2.08. The Morgan fingerprint density at radius 1 is 1.58 bits per heavy atom. The Bertz CT molecular complexity index is 594. The largest absolute Gasteiger partial charge is 0.397 e. The van der Waals surface area contributed by atoms with Crippen molar-refractivity contribution in [2.24, 2.45) is 0 Å². The molecule has 0 atom stereocenters. The van der Waals surface area contributed by atoms with Gasteiger partial charge in [-0.25, -0.2) is 4.98 Å². The lowest BCUT2D eigenvalue weighted by molar-refractivity contribution is 0.101. The van der Waals surface area contributed by atoms with Gasteiger partial charge in [-0.1, -0.05) is 6.92 Å². The van der Waals surface area contributed by atoms with Crippen molar-refractivity contribution in [3.63, 3.8) is 0 Å². The van der Waals surface area contributed by atoms with Crippen LogP contribution < -0.4 is 11.1 Å². The second-order valence-electron chi connectivity index (χ2n) is 4.14. The first kappa shape index (κ1) is 13.6. The number of nitrogens with one attached hydrogen (secondary N) is 1. The molecule has 2 heterocycles. The first-order chi connectivity index (χ1) is 9.11. The van der Waals surface area contributed by atoms with Crippen molar-refractivity contribution in [2.45, 2.75) is 19.9 Å². The molecule has 0 spiro atoms. The van der Waals surface area contributed by atoms with Gasteiger partial charge in [-0.3, -0.25) is 4.79 Å². The summed E-state index contributed by atoms with van der Waals surface area (Å²) >= 11 is 3.34. The quantitative estimate of drug-likeness (QED) is 0.909. The van der Waals surface area contributed by atoms with Gasteiger partial charge in [-0.05, 0) is 40.5 Å². The molecule has 19 heavy (non-hydrogen) atoms. The van der Waals surface area contributed by atoms with E-state index in [9.17, 15) is 4.79 Å². The molecule has 3 N–H and O–H groups in total. The molecule has 0 radical (unpaired) electrons. The number of pyridine rings is 1. The Balaban J connectivity index is 2.23. The van der Waals surface area contributed by atoms with Crippen LogP contribution in [0.5, 0.6) is 0 Å². The molecule has 0 unspecified atom stereocenters. The average Bonchev–Trinajstić information content (AvgIpc) is 2.74. The Labute approximate surface area is 120 Å². The molecule has 0 aliphatic rings. The molecule has 5 nitrogen and oxygen atoms in total. The summed E-state index contributed by atoms with van der Waals surface area (Å²) in [5.74, 6) is 0.278. The predicted molar refractivity (Wildman–Crippen MR) is 79.0 cm³/mol. The molecule has 100 valence electrons. The third-order valence-electron chi connectivity index (χ3n) is 2.61. The minimum Gasteiger partial charge on any atom is -0.397 e. The van der Waals surface area contributed by atoms with Gasteiger partial charge in [0.15, 0.2) is 0 Å². The van der Waals surface area contributed by atoms with E-state index in [0.717, 1.165) is 17.4 Å². The van der Waals surface area contributed by atoms with Crippen LogP contribution in [0.15, 0.2) is 35.1 Å². The van der Waals surface area contributed by atoms with Crippen molar-refractivity contribution in [1.29, 1.82) is 0 Å². The Hall–Kier alpha value is -1.82. The smallest absolute Gasteiger partial charge is 0.273 e. The van der Waals surface area contributed by atoms with Crippen LogP contribution in [0.1, 0.15) is 23.8 Å². The molecule has 0 fully saturated rings. The summed E-state index contributed by atoms with van der Waals surface area (Å²) in [6, 6.07) is 5.28. The van der Waals surface area contributed by atoms with Gasteiger partial charge >= 0.3 is 0 Å². The maximum atomic E-state index is 12.2. The number of hydrogen-bond donors (Lipinski definition) is 2. The number of nitrogens with two attached hydrogens (primary N) is 1. The molecule has 2 rings (SSSR count). The van der Waals surface area contributed by atoms with Gasteiger partial charge in [-0.15, -0.1) is 0 Å². The van der Waals surface area contributed by atoms with Crippen molar-refractivity contribution in [3.8, 4) is 0 Å². The molecule has 2 aromatic heterocycles. The molecule has 0 aromatic carbocycles. The summed E-state index contributed by atoms with van der Waals surface area (Å²) in [5, 5.41) is 2.77. The SMILES string of the molecule is CCCn1cc(N)cc1C(=O)Nc1ncccc1Br. The number of hydrogen-bond acceptors (Lipinski definition) is 3. The topological polar surface area (TPSA) is 72.9 Å². The minimum absolute atomic E-state index is 0.218. The number of carbonyl (C=O) groups is 1. The van der Waals surface area contributed by atoms with Crippen molar-refractivity contribution >= 4 is 33.3 Å². The molecule has 0 aliphatic carbocycles. The summed E-state index contributed by atoms with van der Waals surface area (Å²) in [7, 11) is 0. The fourth-order valence-electron chi connectivity index (χ4n) is 1.80. The first-order valence-electron chi connectivity index (χ1n) is 5.99. The van der Waals surface area contributed by atoms with Crippen molar-refractivity contribution in [2.75, 3.05) is 11.1 Å². The highest BCUT2D eigenvalue weighted by atomic mass is 79.9. The van der Waals surface area contributed by atoms with Crippen LogP contribution in [0, 0.1) is 0 Å². The van der Waals surface area contributed by atoms with Crippen molar-refractivity contribution in [3.05, 3.63) is 40.8 Å². The molecular formula is C13H15BrN4O. The van der Waals surface area contributed by atoms with E-state index in [-0.39, 0.29) is 5.91 Å². The van der Waals surface area contributed by atoms with Crippen molar-refractivity contribution in [1.82, 2.24) is 9.55 Å². The Morgan fingerprint density at radius 3 is 3.05 bits per heavy atom. The van der Waals surface area contributed by atoms with Crippen LogP contribution in [0.25, 0.3) is 0 Å². The standard InChI is InChI=1S/C13H15BrN4O/c1-2-6-18-8-9(15)7-11(18)13(19)17-12-10(14)4-3-5-16-12/h3-5,7-8H,2,6,15H2,1H3,(H,16,17,19). The Kier molecular flexibility index (Phi) is 4.21. The monoisotopic (exact) mass is 322 g/mol. The zero-order chi connectivity index (χ0) is 13.8. The van der Waals surface area contributed by atoms with E-state index in [2.05, 4.69) is 26.2 Å². The highest BCUT2D eigenvalue weighted by molar-refractivity contribution is 9.10. The van der Waals surface area contributed by atoms with E-state index >= 15 is 0 Å². The molecule has 0 bridgehead atoms. The lowest BCUT2D eigenvalue weighted by atomic mass is 10.3. The van der Waals surface area contributed by atoms with Crippen LogP contribution >= 0.6 is 15.9 Å². The van der Waals surface area contributed by atoms with Gasteiger partial charge in [0.05, 0.1) is 10.2 Å². The zero-order valence-corrected chi connectivity index (χ0v) is 12.1. The number of amides is 1. The summed E-state index contributed by atoms with van der Waals surface area (Å²) in [6.45, 7) is 2.80. The highest BCUT2D eigenvalue weighted by Crippen LogP contribution is 2.20. The fourth-order valence-corrected chi connectivity index (χ4v) is 2.15. The van der Waals surface area contributed by atoms with E-state index in [1.54, 1.807) is 24.5 Å². The van der Waals surface area contributed by atoms with E-state index < -0.39 is 0 Å². The predicted octanol–water partition coefficient (Wildman–Crippen LogP) is 2.89. The number of aryl methyl sites for hydroxylation is 1. The van der Waals surface area contributed by atoms with Gasteiger partial charge in [0.2, 0.25) is 0 Å². The number of rotatable bonds is 4. The molecule has 2 aromatic rings. The van der Waals surface area contributed by atoms with E-state index in [0.29, 0.717) is 17.2 Å². The summed E-state index contributed by atoms with van der Waals surface area (Å²) in [5.41, 5.74) is 6.87. The van der Waals surface area contributed by atoms with Crippen LogP contribution in [-0.2, 0) is 6.54 Å². The van der Waals surface area contributed by atoms with Gasteiger partial charge < -0.3 is 15.6 Å². The summed E-state index contributed by atoms with van der Waals surface area (Å²) < 4.78 is 2.59. The van der Waals surface area contributed by atoms with Gasteiger partial charge in [-0.2, -0.15) is 0 Å². The second kappa shape index (κ2) is 5.88. The Morgan fingerprint density at radius 2 is 2.37 bits per heavy atom. The van der Waals surface area contributed by atoms with Crippen LogP contribution in [0.3, 0.4) is 0 Å². The van der Waals surface area contributed by atoms with E-state index in [4.69, 9.17) is 5.73 Å². The molecular weight excluding hydrogens is 308 g/mol. The number of halogens is 1. The molecule has 0 saturated carbocycles. The van der Waals surface area contributed by atoms with Crippen LogP contribution in [0.4, 0.5) is 11.5 Å². The number of anilines is 2. The highest BCUT2D eigenvalue weighted by Gasteiger charge is 2.14. The normalized spacial score (nSPS) is 10.4. The molecule has 6 heteroatoms. The lowest BCUT2D eigenvalue weighted by Crippen LogP contribution is -2.17. The maximum absolute atomic E-state index is 12.2. The van der Waals surface area contributed by atoms with Crippen LogP contribution in [0.2, 0.25) is 0 Å². The first-order valence-corrected chi connectivity index (χ1v) is 6.78. The zero-order valence-electron chi connectivity index (χ0n) is 10.6. The molecule has 0 saturated heterocycles. The van der Waals surface area contributed by atoms with E-state index in [1.807, 2.05) is 17.6 Å². The van der Waals surface area contributed by atoms with Crippen LogP contribution in [-0.4, -0.2) is 15.5 Å². The number of nitrogen functional groups attached to an aromatic ring is 1. The molecule has 1 amide bonds. The summed E-state index contributed by atoms with van der Waals surface area (Å²) in [6.07, 6.45) is 4.33. The minimum atomic E-state index is -0.218. The average molecular weight is 323 g/mol. The number of aromatic nitrogens is 2. The molecule has 0 aliphatic heterocycles. The van der Waals surface area contributed by atoms with Crippen molar-refractivity contribution < 1.29 is 4.79 Å². The number of carbonyl (C=O) groups excluding carboxylic acids is 1. The van der Waals surface area contributed by atoms with E-state index in [1.165, 1.54) is 0 Å². The maximum Gasteiger partial charge on any atom is 0.273 e. The summed E-state index contributed by atoms with van der Waals surface area (Å²) in [4.78, 5) is 16.3. The fraction of sp³-hybridized carbons (Fsp3) is 0.231. The third kappa shape index (κ3) is 3.14. The van der Waals surface area contributed by atoms with Gasteiger partial charge in [0, 0.05) is 18.9 Å².